The topological polar surface area (TPSA) is 0 Å². The Morgan fingerprint density at radius 2 is 0.750 bits per heavy atom. The molecule has 0 fully saturated rings. The van der Waals surface area contributed by atoms with Crippen molar-refractivity contribution in [2.45, 2.75) is 0 Å². The van der Waals surface area contributed by atoms with Crippen molar-refractivity contribution < 1.29 is 33.6 Å². The van der Waals surface area contributed by atoms with Crippen molar-refractivity contribution in [2.24, 2.45) is 0 Å². The summed E-state index contributed by atoms with van der Waals surface area (Å²) in [6.45, 7) is 0. The van der Waals surface area contributed by atoms with E-state index in [0.717, 1.165) is 0 Å². The van der Waals surface area contributed by atoms with Crippen LogP contribution in [-0.4, -0.2) is 0 Å². The van der Waals surface area contributed by atoms with Crippen molar-refractivity contribution in [3.63, 3.8) is 0 Å². The van der Waals surface area contributed by atoms with E-state index in [4.69, 9.17) is 0 Å². The molecule has 0 unspecified atom stereocenters. The van der Waals surface area contributed by atoms with Gasteiger partial charge in [0.05, 0.1) is 0 Å². The largest absolute Gasteiger partial charge is 2.00 e. The van der Waals surface area contributed by atoms with Crippen LogP contribution >= 0.6 is 0 Å². The SMILES string of the molecule is [Fe+2].[Ni+2].[S-2].[S-2]. The summed E-state index contributed by atoms with van der Waals surface area (Å²) in [6.07, 6.45) is 0. The summed E-state index contributed by atoms with van der Waals surface area (Å²) in [5, 5.41) is 0. The monoisotopic (exact) mass is 178 g/mol. The van der Waals surface area contributed by atoms with Crippen LogP contribution in [-0.2, 0) is 60.6 Å². The van der Waals surface area contributed by atoms with Gasteiger partial charge in [0.1, 0.15) is 0 Å². The molecule has 0 aromatic carbocycles. The predicted octanol–water partition coefficient (Wildman–Crippen LogP) is -0.00980. The van der Waals surface area contributed by atoms with E-state index in [-0.39, 0.29) is 60.6 Å². The van der Waals surface area contributed by atoms with Gasteiger partial charge in [0, 0.05) is 0 Å². The Morgan fingerprint density at radius 1 is 0.750 bits per heavy atom. The zero-order valence-electron chi connectivity index (χ0n) is 1.49. The van der Waals surface area contributed by atoms with Crippen LogP contribution in [0.15, 0.2) is 0 Å². The molecule has 4 heteroatoms. The van der Waals surface area contributed by atoms with Crippen molar-refractivity contribution >= 4 is 27.0 Å². The predicted molar refractivity (Wildman–Crippen MR) is 14.7 cm³/mol. The zero-order chi connectivity index (χ0) is 0. The van der Waals surface area contributed by atoms with Crippen LogP contribution in [0.1, 0.15) is 0 Å². The third kappa shape index (κ3) is 9.31. The van der Waals surface area contributed by atoms with E-state index in [2.05, 4.69) is 0 Å². The molecule has 0 aliphatic carbocycles. The van der Waals surface area contributed by atoms with Crippen LogP contribution < -0.4 is 0 Å². The second-order valence-electron chi connectivity index (χ2n) is 0. The maximum Gasteiger partial charge on any atom is 2.00 e. The molecule has 0 amide bonds. The minimum Gasteiger partial charge on any atom is -2.00 e. The fraction of sp³-hybridized carbons (Fsp3) is 0. The smallest absolute Gasteiger partial charge is 2.00 e. The van der Waals surface area contributed by atoms with Gasteiger partial charge in [-0.05, 0) is 0 Å². The molecule has 0 nitrogen and oxygen atoms in total. The summed E-state index contributed by atoms with van der Waals surface area (Å²) in [6, 6.07) is 0. The van der Waals surface area contributed by atoms with E-state index < -0.39 is 0 Å². The molecule has 0 rings (SSSR count). The third-order valence-electron chi connectivity index (χ3n) is 0. The molecule has 0 bridgehead atoms. The molecule has 0 aromatic rings. The summed E-state index contributed by atoms with van der Waals surface area (Å²) >= 11 is 0. The average Bonchev–Trinajstić information content (AvgIpc) is 0. The fourth-order valence-electron chi connectivity index (χ4n) is 0. The maximum atomic E-state index is 0. The van der Waals surface area contributed by atoms with Gasteiger partial charge in [-0.1, -0.05) is 0 Å². The fourth-order valence-corrected chi connectivity index (χ4v) is 0. The Balaban J connectivity index is 0. The van der Waals surface area contributed by atoms with Gasteiger partial charge in [-0.3, -0.25) is 0 Å². The molecule has 0 aliphatic rings. The van der Waals surface area contributed by atoms with E-state index in [1.54, 1.807) is 0 Å². The first-order valence-corrected chi connectivity index (χ1v) is 0. The molecule has 0 saturated carbocycles. The molecule has 0 aliphatic heterocycles. The summed E-state index contributed by atoms with van der Waals surface area (Å²) < 4.78 is 0. The number of hydrogen-bond donors (Lipinski definition) is 0. The maximum absolute atomic E-state index is 0. The summed E-state index contributed by atoms with van der Waals surface area (Å²) in [7, 11) is 0. The first-order chi connectivity index (χ1) is 0. The standard InChI is InChI=1S/Fe.Ni.2S/q2*+2;2*-2. The molecule has 0 saturated heterocycles. The number of hydrogen-bond acceptors (Lipinski definition) is 0. The molecule has 30 valence electrons. The number of rotatable bonds is 0. The van der Waals surface area contributed by atoms with Crippen molar-refractivity contribution in [1.29, 1.82) is 0 Å². The van der Waals surface area contributed by atoms with E-state index in [0.29, 0.717) is 0 Å². The molecule has 0 spiro atoms. The Morgan fingerprint density at radius 3 is 0.750 bits per heavy atom. The van der Waals surface area contributed by atoms with Gasteiger partial charge >= 0.3 is 33.6 Å². The van der Waals surface area contributed by atoms with E-state index in [1.165, 1.54) is 0 Å². The van der Waals surface area contributed by atoms with Crippen molar-refractivity contribution in [3.05, 3.63) is 0 Å². The van der Waals surface area contributed by atoms with Crippen LogP contribution in [0.4, 0.5) is 0 Å². The Labute approximate surface area is 60.4 Å². The van der Waals surface area contributed by atoms with Gasteiger partial charge in [-0.15, -0.1) is 0 Å². The zero-order valence-corrected chi connectivity index (χ0v) is 5.21. The van der Waals surface area contributed by atoms with Crippen LogP contribution in [0.5, 0.6) is 0 Å². The van der Waals surface area contributed by atoms with Crippen LogP contribution in [0.3, 0.4) is 0 Å². The molecular formula is FeNiS2. The molecule has 0 radical (unpaired) electrons. The second-order valence-corrected chi connectivity index (χ2v) is 0. The van der Waals surface area contributed by atoms with Crippen LogP contribution in [0.2, 0.25) is 0 Å². The van der Waals surface area contributed by atoms with Gasteiger partial charge in [-0.25, -0.2) is 0 Å². The minimum atomic E-state index is 0. The van der Waals surface area contributed by atoms with Gasteiger partial charge in [0.2, 0.25) is 0 Å². The summed E-state index contributed by atoms with van der Waals surface area (Å²) in [5.41, 5.74) is 0. The van der Waals surface area contributed by atoms with E-state index >= 15 is 0 Å². The molecule has 0 heterocycles. The van der Waals surface area contributed by atoms with Gasteiger partial charge in [-0.2, -0.15) is 0 Å². The third-order valence-corrected chi connectivity index (χ3v) is 0. The minimum absolute atomic E-state index is 0. The van der Waals surface area contributed by atoms with Gasteiger partial charge in [0.25, 0.3) is 0 Å². The molecule has 0 aromatic heterocycles. The first-order valence-electron chi connectivity index (χ1n) is 0. The van der Waals surface area contributed by atoms with Gasteiger partial charge in [0.15, 0.2) is 0 Å². The quantitative estimate of drug-likeness (QED) is 0.458. The molecule has 4 heavy (non-hydrogen) atoms. The Kier molecular flexibility index (Phi) is 239. The van der Waals surface area contributed by atoms with Gasteiger partial charge < -0.3 is 27.0 Å². The molecule has 0 N–H and O–H groups in total. The molecular weight excluding hydrogens is 179 g/mol. The van der Waals surface area contributed by atoms with E-state index in [9.17, 15) is 0 Å². The summed E-state index contributed by atoms with van der Waals surface area (Å²) in [4.78, 5) is 0. The summed E-state index contributed by atoms with van der Waals surface area (Å²) in [5.74, 6) is 0. The second kappa shape index (κ2) is 22.1. The normalized spacial score (nSPS) is 0. The van der Waals surface area contributed by atoms with Crippen LogP contribution in [0, 0.1) is 0 Å². The first kappa shape index (κ1) is 43.2. The van der Waals surface area contributed by atoms with Crippen LogP contribution in [0.25, 0.3) is 0 Å². The van der Waals surface area contributed by atoms with Crippen molar-refractivity contribution in [2.75, 3.05) is 0 Å². The van der Waals surface area contributed by atoms with E-state index in [1.807, 2.05) is 0 Å². The average molecular weight is 179 g/mol. The van der Waals surface area contributed by atoms with Crippen molar-refractivity contribution in [1.82, 2.24) is 0 Å². The molecule has 0 atom stereocenters. The Hall–Kier alpha value is 1.71. The van der Waals surface area contributed by atoms with Crippen molar-refractivity contribution in [3.8, 4) is 0 Å². The Bertz CT molecular complexity index is 6.00.